The highest BCUT2D eigenvalue weighted by atomic mass is 19.1. The normalized spacial score (nSPS) is 10.7. The molecule has 0 aliphatic carbocycles. The van der Waals surface area contributed by atoms with Gasteiger partial charge in [0, 0.05) is 23.0 Å². The summed E-state index contributed by atoms with van der Waals surface area (Å²) in [7, 11) is 0. The minimum absolute atomic E-state index is 0.198. The molecule has 2 heteroatoms. The maximum Gasteiger partial charge on any atom is 0.157 e. The second-order valence-corrected chi connectivity index (χ2v) is 5.64. The average molecular weight is 313 g/mol. The standard InChI is InChI=1S/C22H16FN/c23-21-20(17-10-4-1-5-11-17)16-24(19-14-8-3-9-15-19)22(21)18-12-6-2-7-13-18/h1-16H. The summed E-state index contributed by atoms with van der Waals surface area (Å²) in [5.74, 6) is -0.198. The van der Waals surface area contributed by atoms with Crippen LogP contribution >= 0.6 is 0 Å². The molecule has 4 rings (SSSR count). The maximum absolute atomic E-state index is 15.3. The molecule has 3 aromatic carbocycles. The smallest absolute Gasteiger partial charge is 0.157 e. The Kier molecular flexibility index (Phi) is 3.72. The average Bonchev–Trinajstić information content (AvgIpc) is 3.01. The van der Waals surface area contributed by atoms with E-state index in [1.54, 1.807) is 0 Å². The lowest BCUT2D eigenvalue weighted by atomic mass is 10.1. The van der Waals surface area contributed by atoms with Gasteiger partial charge in [-0.1, -0.05) is 78.9 Å². The van der Waals surface area contributed by atoms with Crippen molar-refractivity contribution in [3.05, 3.63) is 103 Å². The number of aromatic nitrogens is 1. The molecule has 0 fully saturated rings. The number of para-hydroxylation sites is 1. The van der Waals surface area contributed by atoms with E-state index in [0.29, 0.717) is 11.3 Å². The lowest BCUT2D eigenvalue weighted by Gasteiger charge is -2.09. The van der Waals surface area contributed by atoms with Gasteiger partial charge in [-0.05, 0) is 17.7 Å². The number of nitrogens with zero attached hydrogens (tertiary/aromatic N) is 1. The number of hydrogen-bond acceptors (Lipinski definition) is 0. The van der Waals surface area contributed by atoms with Gasteiger partial charge in [-0.3, -0.25) is 0 Å². The Morgan fingerprint density at radius 1 is 0.583 bits per heavy atom. The van der Waals surface area contributed by atoms with Crippen molar-refractivity contribution >= 4 is 0 Å². The highest BCUT2D eigenvalue weighted by Crippen LogP contribution is 2.35. The van der Waals surface area contributed by atoms with Gasteiger partial charge in [0.1, 0.15) is 0 Å². The van der Waals surface area contributed by atoms with Gasteiger partial charge in [-0.15, -0.1) is 0 Å². The van der Waals surface area contributed by atoms with Crippen LogP contribution in [0, 0.1) is 5.82 Å². The molecule has 0 aliphatic heterocycles. The molecule has 0 unspecified atom stereocenters. The molecule has 1 heterocycles. The molecule has 0 spiro atoms. The van der Waals surface area contributed by atoms with Crippen molar-refractivity contribution in [2.75, 3.05) is 0 Å². The Bertz CT molecular complexity index is 941. The van der Waals surface area contributed by atoms with Crippen LogP contribution in [0.1, 0.15) is 0 Å². The fourth-order valence-corrected chi connectivity index (χ4v) is 2.96. The van der Waals surface area contributed by atoms with E-state index >= 15 is 4.39 Å². The van der Waals surface area contributed by atoms with Gasteiger partial charge in [0.05, 0.1) is 5.69 Å². The lowest BCUT2D eigenvalue weighted by molar-refractivity contribution is 0.634. The summed E-state index contributed by atoms with van der Waals surface area (Å²) >= 11 is 0. The zero-order valence-corrected chi connectivity index (χ0v) is 13.1. The molecule has 0 atom stereocenters. The van der Waals surface area contributed by atoms with E-state index in [1.165, 1.54) is 0 Å². The molecule has 0 bridgehead atoms. The molecule has 4 aromatic rings. The molecular formula is C22H16FN. The molecule has 0 saturated heterocycles. The Labute approximate surface area is 140 Å². The van der Waals surface area contributed by atoms with Gasteiger partial charge in [-0.2, -0.15) is 0 Å². The molecule has 1 aromatic heterocycles. The van der Waals surface area contributed by atoms with Crippen molar-refractivity contribution in [2.24, 2.45) is 0 Å². The van der Waals surface area contributed by atoms with E-state index in [4.69, 9.17) is 0 Å². The monoisotopic (exact) mass is 313 g/mol. The minimum Gasteiger partial charge on any atom is -0.313 e. The summed E-state index contributed by atoms with van der Waals surface area (Å²) in [5.41, 5.74) is 3.87. The molecule has 24 heavy (non-hydrogen) atoms. The molecule has 0 aliphatic rings. The predicted molar refractivity (Wildman–Crippen MR) is 96.6 cm³/mol. The van der Waals surface area contributed by atoms with Crippen molar-refractivity contribution < 1.29 is 4.39 Å². The molecule has 0 N–H and O–H groups in total. The second-order valence-electron chi connectivity index (χ2n) is 5.64. The highest BCUT2D eigenvalue weighted by molar-refractivity contribution is 5.75. The van der Waals surface area contributed by atoms with Crippen molar-refractivity contribution in [2.45, 2.75) is 0 Å². The van der Waals surface area contributed by atoms with Gasteiger partial charge in [0.2, 0.25) is 0 Å². The zero-order valence-electron chi connectivity index (χ0n) is 13.1. The van der Waals surface area contributed by atoms with E-state index in [0.717, 1.165) is 16.8 Å². The third-order valence-electron chi connectivity index (χ3n) is 4.11. The van der Waals surface area contributed by atoms with Crippen molar-refractivity contribution in [1.29, 1.82) is 0 Å². The van der Waals surface area contributed by atoms with Gasteiger partial charge in [0.15, 0.2) is 5.82 Å². The van der Waals surface area contributed by atoms with Gasteiger partial charge in [-0.25, -0.2) is 4.39 Å². The molecular weight excluding hydrogens is 297 g/mol. The Morgan fingerprint density at radius 3 is 1.67 bits per heavy atom. The van der Waals surface area contributed by atoms with Gasteiger partial charge < -0.3 is 4.57 Å². The van der Waals surface area contributed by atoms with Crippen molar-refractivity contribution in [3.63, 3.8) is 0 Å². The fraction of sp³-hybridized carbons (Fsp3) is 0. The van der Waals surface area contributed by atoms with Crippen LogP contribution in [-0.2, 0) is 0 Å². The van der Waals surface area contributed by atoms with E-state index in [1.807, 2.05) is 102 Å². The van der Waals surface area contributed by atoms with Crippen LogP contribution in [0.2, 0.25) is 0 Å². The topological polar surface area (TPSA) is 4.93 Å². The predicted octanol–water partition coefficient (Wildman–Crippen LogP) is 5.95. The summed E-state index contributed by atoms with van der Waals surface area (Å²) < 4.78 is 17.3. The summed E-state index contributed by atoms with van der Waals surface area (Å²) in [5, 5.41) is 0. The van der Waals surface area contributed by atoms with Gasteiger partial charge >= 0.3 is 0 Å². The van der Waals surface area contributed by atoms with E-state index in [2.05, 4.69) is 0 Å². The molecule has 0 saturated carbocycles. The lowest BCUT2D eigenvalue weighted by Crippen LogP contribution is -1.95. The Balaban J connectivity index is 1.99. The Morgan fingerprint density at radius 2 is 1.08 bits per heavy atom. The first kappa shape index (κ1) is 14.5. The van der Waals surface area contributed by atoms with E-state index in [-0.39, 0.29) is 5.82 Å². The van der Waals surface area contributed by atoms with Crippen molar-refractivity contribution in [3.8, 4) is 28.1 Å². The summed E-state index contributed by atoms with van der Waals surface area (Å²) in [6, 6.07) is 29.2. The van der Waals surface area contributed by atoms with Crippen molar-refractivity contribution in [1.82, 2.24) is 4.57 Å². The third-order valence-corrected chi connectivity index (χ3v) is 4.11. The number of rotatable bonds is 3. The van der Waals surface area contributed by atoms with E-state index in [9.17, 15) is 0 Å². The van der Waals surface area contributed by atoms with E-state index < -0.39 is 0 Å². The SMILES string of the molecule is Fc1c(-c2ccccc2)cn(-c2ccccc2)c1-c1ccccc1. The zero-order chi connectivity index (χ0) is 16.4. The Hall–Kier alpha value is -3.13. The third kappa shape index (κ3) is 2.52. The quantitative estimate of drug-likeness (QED) is 0.440. The summed E-state index contributed by atoms with van der Waals surface area (Å²) in [6.45, 7) is 0. The van der Waals surface area contributed by atoms with Crippen LogP contribution in [0.4, 0.5) is 4.39 Å². The van der Waals surface area contributed by atoms with Crippen LogP contribution in [0.25, 0.3) is 28.1 Å². The fourth-order valence-electron chi connectivity index (χ4n) is 2.96. The van der Waals surface area contributed by atoms with Crippen LogP contribution < -0.4 is 0 Å². The molecule has 1 nitrogen and oxygen atoms in total. The first-order valence-electron chi connectivity index (χ1n) is 7.92. The minimum atomic E-state index is -0.198. The number of benzene rings is 3. The molecule has 116 valence electrons. The maximum atomic E-state index is 15.3. The molecule has 0 radical (unpaired) electrons. The van der Waals surface area contributed by atoms with Crippen LogP contribution in [0.3, 0.4) is 0 Å². The summed E-state index contributed by atoms with van der Waals surface area (Å²) in [4.78, 5) is 0. The van der Waals surface area contributed by atoms with Gasteiger partial charge in [0.25, 0.3) is 0 Å². The second kappa shape index (κ2) is 6.17. The number of hydrogen-bond donors (Lipinski definition) is 0. The number of halogens is 1. The van der Waals surface area contributed by atoms with Crippen LogP contribution in [0.15, 0.2) is 97.2 Å². The molecule has 0 amide bonds. The largest absolute Gasteiger partial charge is 0.313 e. The first-order chi connectivity index (χ1) is 11.8. The van der Waals surface area contributed by atoms with Crippen LogP contribution in [0.5, 0.6) is 0 Å². The van der Waals surface area contributed by atoms with Crippen LogP contribution in [-0.4, -0.2) is 4.57 Å². The summed E-state index contributed by atoms with van der Waals surface area (Å²) in [6.07, 6.45) is 1.88. The highest BCUT2D eigenvalue weighted by Gasteiger charge is 2.19. The first-order valence-corrected chi connectivity index (χ1v) is 7.92.